The van der Waals surface area contributed by atoms with Crippen molar-refractivity contribution < 1.29 is 33.3 Å². The zero-order chi connectivity index (χ0) is 26.6. The number of rotatable bonds is 8. The summed E-state index contributed by atoms with van der Waals surface area (Å²) < 4.78 is 27.7. The average Bonchev–Trinajstić information content (AvgIpc) is 2.90. The van der Waals surface area contributed by atoms with Crippen LogP contribution in [-0.4, -0.2) is 38.7 Å². The third-order valence-electron chi connectivity index (χ3n) is 5.78. The van der Waals surface area contributed by atoms with Crippen molar-refractivity contribution in [3.8, 4) is 28.7 Å². The summed E-state index contributed by atoms with van der Waals surface area (Å²) in [7, 11) is 4.59. The van der Waals surface area contributed by atoms with E-state index < -0.39 is 11.6 Å². The summed E-state index contributed by atoms with van der Waals surface area (Å²) in [6, 6.07) is 15.2. The number of ether oxygens (including phenoxy) is 5. The van der Waals surface area contributed by atoms with E-state index in [1.54, 1.807) is 67.8 Å². The molecule has 3 aromatic carbocycles. The van der Waals surface area contributed by atoms with E-state index in [0.717, 1.165) is 5.56 Å². The molecule has 0 amide bonds. The molecule has 7 nitrogen and oxygen atoms in total. The average molecular weight is 501 g/mol. The van der Waals surface area contributed by atoms with Gasteiger partial charge in [-0.05, 0) is 80.1 Å². The van der Waals surface area contributed by atoms with Crippen LogP contribution in [-0.2, 0) is 0 Å². The molecule has 0 bridgehead atoms. The molecule has 0 saturated carbocycles. The number of allylic oxidation sites excluding steroid dienone is 1. The van der Waals surface area contributed by atoms with Crippen molar-refractivity contribution in [2.45, 2.75) is 19.4 Å². The Kier molecular flexibility index (Phi) is 7.34. The summed E-state index contributed by atoms with van der Waals surface area (Å²) in [5.74, 6) is 1.44. The molecule has 0 atom stereocenters. The molecule has 1 heterocycles. The molecule has 4 rings (SSSR count). The van der Waals surface area contributed by atoms with Gasteiger partial charge in [-0.2, -0.15) is 0 Å². The number of fused-ring (bicyclic) bond motifs is 1. The predicted octanol–water partition coefficient (Wildman–Crippen LogP) is 6.01. The Morgan fingerprint density at radius 2 is 1.62 bits per heavy atom. The molecule has 0 fully saturated rings. The van der Waals surface area contributed by atoms with E-state index in [9.17, 15) is 9.59 Å². The monoisotopic (exact) mass is 500 g/mol. The summed E-state index contributed by atoms with van der Waals surface area (Å²) in [6.07, 6.45) is 6.93. The lowest BCUT2D eigenvalue weighted by molar-refractivity contribution is 0.0729. The minimum atomic E-state index is -0.563. The molecule has 0 unspecified atom stereocenters. The fraction of sp³-hybridized carbons (Fsp3) is 0.200. The number of benzene rings is 3. The third-order valence-corrected chi connectivity index (χ3v) is 5.78. The van der Waals surface area contributed by atoms with E-state index in [0.29, 0.717) is 39.7 Å². The normalized spacial score (nSPS) is 13.4. The SMILES string of the molecule is COc1cccc(C(=O)Oc2cc(/C=C/C(=O)c3ccc(OC)c4c3OC(C)(C)C=C4)ccc2OC)c1. The lowest BCUT2D eigenvalue weighted by Gasteiger charge is -2.29. The number of ketones is 1. The third kappa shape index (κ3) is 5.67. The molecule has 0 saturated heterocycles. The van der Waals surface area contributed by atoms with Crippen LogP contribution < -0.4 is 23.7 Å². The molecule has 3 aromatic rings. The van der Waals surface area contributed by atoms with E-state index in [1.807, 2.05) is 26.0 Å². The molecule has 0 radical (unpaired) electrons. The van der Waals surface area contributed by atoms with Gasteiger partial charge < -0.3 is 23.7 Å². The molecule has 0 aliphatic carbocycles. The second-order valence-corrected chi connectivity index (χ2v) is 8.83. The van der Waals surface area contributed by atoms with Crippen molar-refractivity contribution in [3.05, 3.63) is 89.0 Å². The van der Waals surface area contributed by atoms with E-state index in [1.165, 1.54) is 20.3 Å². The fourth-order valence-electron chi connectivity index (χ4n) is 3.85. The van der Waals surface area contributed by atoms with Gasteiger partial charge >= 0.3 is 5.97 Å². The minimum absolute atomic E-state index is 0.224. The van der Waals surface area contributed by atoms with E-state index in [2.05, 4.69) is 0 Å². The Labute approximate surface area is 215 Å². The first-order valence-electron chi connectivity index (χ1n) is 11.6. The zero-order valence-corrected chi connectivity index (χ0v) is 21.4. The Bertz CT molecular complexity index is 1400. The Morgan fingerprint density at radius 1 is 0.865 bits per heavy atom. The van der Waals surface area contributed by atoms with Gasteiger partial charge in [-0.3, -0.25) is 4.79 Å². The highest BCUT2D eigenvalue weighted by Crippen LogP contribution is 2.40. The first-order valence-corrected chi connectivity index (χ1v) is 11.6. The lowest BCUT2D eigenvalue weighted by Crippen LogP contribution is -2.28. The van der Waals surface area contributed by atoms with E-state index >= 15 is 0 Å². The van der Waals surface area contributed by atoms with Gasteiger partial charge in [-0.25, -0.2) is 4.79 Å². The van der Waals surface area contributed by atoms with E-state index in [-0.39, 0.29) is 11.5 Å². The van der Waals surface area contributed by atoms with Gasteiger partial charge in [-0.1, -0.05) is 18.2 Å². The highest BCUT2D eigenvalue weighted by Gasteiger charge is 2.27. The van der Waals surface area contributed by atoms with Gasteiger partial charge in [0.05, 0.1) is 38.0 Å². The van der Waals surface area contributed by atoms with Crippen LogP contribution in [0.15, 0.2) is 66.7 Å². The molecule has 1 aliphatic rings. The summed E-state index contributed by atoms with van der Waals surface area (Å²) in [5, 5.41) is 0. The fourth-order valence-corrected chi connectivity index (χ4v) is 3.85. The lowest BCUT2D eigenvalue weighted by atomic mass is 9.97. The van der Waals surface area contributed by atoms with Crippen molar-refractivity contribution >= 4 is 23.9 Å². The molecular weight excluding hydrogens is 472 g/mol. The molecular formula is C30H28O7. The molecule has 0 spiro atoms. The Morgan fingerprint density at radius 3 is 2.35 bits per heavy atom. The summed E-state index contributed by atoms with van der Waals surface area (Å²) >= 11 is 0. The van der Waals surface area contributed by atoms with Crippen molar-refractivity contribution in [3.63, 3.8) is 0 Å². The number of hydrogen-bond donors (Lipinski definition) is 0. The summed E-state index contributed by atoms with van der Waals surface area (Å²) in [6.45, 7) is 3.84. The number of carbonyl (C=O) groups is 2. The topological polar surface area (TPSA) is 80.3 Å². The second kappa shape index (κ2) is 10.6. The number of methoxy groups -OCH3 is 3. The Hall–Kier alpha value is -4.52. The van der Waals surface area contributed by atoms with Crippen LogP contribution in [0.1, 0.15) is 45.7 Å². The highest BCUT2D eigenvalue weighted by atomic mass is 16.6. The maximum absolute atomic E-state index is 13.2. The summed E-state index contributed by atoms with van der Waals surface area (Å²) in [5.41, 5.74) is 1.56. The zero-order valence-electron chi connectivity index (χ0n) is 21.4. The number of esters is 1. The predicted molar refractivity (Wildman–Crippen MR) is 141 cm³/mol. The molecule has 1 aliphatic heterocycles. The second-order valence-electron chi connectivity index (χ2n) is 8.83. The number of hydrogen-bond acceptors (Lipinski definition) is 7. The van der Waals surface area contributed by atoms with Crippen molar-refractivity contribution in [2.24, 2.45) is 0 Å². The van der Waals surface area contributed by atoms with Crippen LogP contribution >= 0.6 is 0 Å². The smallest absolute Gasteiger partial charge is 0.343 e. The van der Waals surface area contributed by atoms with Crippen LogP contribution in [0, 0.1) is 0 Å². The molecule has 0 N–H and O–H groups in total. The number of carbonyl (C=O) groups excluding carboxylic acids is 2. The first kappa shape index (κ1) is 25.6. The molecule has 37 heavy (non-hydrogen) atoms. The van der Waals surface area contributed by atoms with Gasteiger partial charge in [0.2, 0.25) is 0 Å². The van der Waals surface area contributed by atoms with Crippen molar-refractivity contribution in [1.29, 1.82) is 0 Å². The van der Waals surface area contributed by atoms with E-state index in [4.69, 9.17) is 23.7 Å². The van der Waals surface area contributed by atoms with Gasteiger partial charge in [0, 0.05) is 0 Å². The van der Waals surface area contributed by atoms with Crippen LogP contribution in [0.2, 0.25) is 0 Å². The first-order chi connectivity index (χ1) is 17.7. The van der Waals surface area contributed by atoms with Crippen LogP contribution in [0.4, 0.5) is 0 Å². The van der Waals surface area contributed by atoms with Crippen LogP contribution in [0.3, 0.4) is 0 Å². The molecule has 190 valence electrons. The van der Waals surface area contributed by atoms with Crippen LogP contribution in [0.25, 0.3) is 12.2 Å². The molecule has 0 aromatic heterocycles. The van der Waals surface area contributed by atoms with Gasteiger partial charge in [0.15, 0.2) is 17.3 Å². The van der Waals surface area contributed by atoms with Crippen molar-refractivity contribution in [1.82, 2.24) is 0 Å². The summed E-state index contributed by atoms with van der Waals surface area (Å²) in [4.78, 5) is 25.9. The van der Waals surface area contributed by atoms with Gasteiger partial charge in [0.25, 0.3) is 0 Å². The molecule has 7 heteroatoms. The standard InChI is InChI=1S/C30H28O7/c1-30(2)16-15-23-25(34-4)14-11-22(28(23)37-30)24(31)12-9-19-10-13-26(35-5)27(17-19)36-29(32)20-7-6-8-21(18-20)33-3/h6-18H,1-5H3/b12-9+. The minimum Gasteiger partial charge on any atom is -0.497 e. The van der Waals surface area contributed by atoms with Gasteiger partial charge in [-0.15, -0.1) is 0 Å². The quantitative estimate of drug-likeness (QED) is 0.162. The maximum atomic E-state index is 13.2. The maximum Gasteiger partial charge on any atom is 0.343 e. The highest BCUT2D eigenvalue weighted by molar-refractivity contribution is 6.09. The largest absolute Gasteiger partial charge is 0.497 e. The van der Waals surface area contributed by atoms with Crippen LogP contribution in [0.5, 0.6) is 28.7 Å². The van der Waals surface area contributed by atoms with Crippen molar-refractivity contribution in [2.75, 3.05) is 21.3 Å². The Balaban J connectivity index is 1.59. The van der Waals surface area contributed by atoms with Gasteiger partial charge in [0.1, 0.15) is 22.8 Å².